The first-order valence-electron chi connectivity index (χ1n) is 34.2. The Morgan fingerprint density at radius 2 is 1.33 bits per heavy atom. The third-order valence-electron chi connectivity index (χ3n) is 19.4. The van der Waals surface area contributed by atoms with Gasteiger partial charge >= 0.3 is 6.09 Å². The molecule has 2 amide bonds. The van der Waals surface area contributed by atoms with Gasteiger partial charge in [-0.05, 0) is 158 Å². The fourth-order valence-electron chi connectivity index (χ4n) is 14.2. The molecule has 0 bridgehead atoms. The maximum atomic E-state index is 13.7. The van der Waals surface area contributed by atoms with Gasteiger partial charge in [-0.3, -0.25) is 33.0 Å². The first-order chi connectivity index (χ1) is 48.5. The number of benzene rings is 7. The van der Waals surface area contributed by atoms with Crippen LogP contribution in [0.15, 0.2) is 178 Å². The largest absolute Gasteiger partial charge is 0.497 e. The summed E-state index contributed by atoms with van der Waals surface area (Å²) in [5.74, 6) is 0.694. The van der Waals surface area contributed by atoms with Gasteiger partial charge in [-0.2, -0.15) is 34.9 Å². The number of anilines is 1. The number of fused-ring (bicyclic) bond motifs is 6. The maximum Gasteiger partial charge on any atom is 0.407 e. The number of carbonyl (C=O) groups is 3. The van der Waals surface area contributed by atoms with Crippen molar-refractivity contribution >= 4 is 86.8 Å². The van der Waals surface area contributed by atoms with Crippen molar-refractivity contribution in [2.24, 2.45) is 0 Å². The highest BCUT2D eigenvalue weighted by Gasteiger charge is 2.46. The van der Waals surface area contributed by atoms with Crippen LogP contribution in [0, 0.1) is 6.92 Å². The lowest BCUT2D eigenvalue weighted by atomic mass is 9.78. The first kappa shape index (κ1) is 76.2. The number of ketones is 1. The van der Waals surface area contributed by atoms with Crippen LogP contribution >= 0.6 is 0 Å². The van der Waals surface area contributed by atoms with Crippen LogP contribution < -0.4 is 15.0 Å². The number of ether oxygens (including phenoxy) is 3. The molecule has 3 aliphatic rings. The van der Waals surface area contributed by atoms with E-state index in [4.69, 9.17) is 19.0 Å². The van der Waals surface area contributed by atoms with E-state index in [1.54, 1.807) is 18.2 Å². The second kappa shape index (κ2) is 32.5. The van der Waals surface area contributed by atoms with Crippen molar-refractivity contribution in [3.63, 3.8) is 0 Å². The summed E-state index contributed by atoms with van der Waals surface area (Å²) in [6, 6.07) is 36.8. The Morgan fingerprint density at radius 3 is 1.98 bits per heavy atom. The number of methoxy groups -OCH3 is 1. The van der Waals surface area contributed by atoms with E-state index in [0.717, 1.165) is 73.1 Å². The van der Waals surface area contributed by atoms with Gasteiger partial charge in [-0.1, -0.05) is 111 Å². The quantitative estimate of drug-likeness (QED) is 0.0103. The molecule has 0 spiro atoms. The van der Waals surface area contributed by atoms with Gasteiger partial charge in [-0.25, -0.2) is 4.79 Å². The highest BCUT2D eigenvalue weighted by atomic mass is 32.2. The van der Waals surface area contributed by atoms with Crippen molar-refractivity contribution in [3.05, 3.63) is 191 Å². The van der Waals surface area contributed by atoms with Gasteiger partial charge in [0, 0.05) is 98.7 Å². The highest BCUT2D eigenvalue weighted by Crippen LogP contribution is 2.52. The van der Waals surface area contributed by atoms with Gasteiger partial charge in [0.2, 0.25) is 11.6 Å². The number of Topliss-reactive ketones (excluding diaryl/α,β-unsaturated/α-hetero) is 1. The minimum Gasteiger partial charge on any atom is -0.497 e. The summed E-state index contributed by atoms with van der Waals surface area (Å²) in [5, 5.41) is 6.33. The van der Waals surface area contributed by atoms with E-state index in [9.17, 15) is 53.3 Å². The molecule has 1 atom stereocenters. The molecule has 0 aromatic heterocycles. The molecule has 542 valence electrons. The molecule has 0 saturated carbocycles. The van der Waals surface area contributed by atoms with E-state index in [0.29, 0.717) is 95.9 Å². The van der Waals surface area contributed by atoms with Crippen LogP contribution in [0.2, 0.25) is 0 Å². The maximum absolute atomic E-state index is 13.7. The minimum absolute atomic E-state index is 0.0606. The normalized spacial score (nSPS) is 16.3. The smallest absolute Gasteiger partial charge is 0.407 e. The summed E-state index contributed by atoms with van der Waals surface area (Å²) in [6.07, 6.45) is 11.6. The zero-order chi connectivity index (χ0) is 73.3. The van der Waals surface area contributed by atoms with Gasteiger partial charge < -0.3 is 29.3 Å². The Kier molecular flexibility index (Phi) is 24.2. The van der Waals surface area contributed by atoms with Crippen molar-refractivity contribution in [2.45, 2.75) is 125 Å². The molecule has 10 rings (SSSR count). The fourth-order valence-corrected chi connectivity index (χ4v) is 16.1. The van der Waals surface area contributed by atoms with E-state index < -0.39 is 63.1 Å². The predicted molar refractivity (Wildman–Crippen MR) is 393 cm³/mol. The molecule has 22 nitrogen and oxygen atoms in total. The average Bonchev–Trinajstić information content (AvgIpc) is 1.55. The van der Waals surface area contributed by atoms with Crippen LogP contribution in [0.25, 0.3) is 32.7 Å². The zero-order valence-electron chi connectivity index (χ0n) is 58.9. The van der Waals surface area contributed by atoms with Crippen molar-refractivity contribution in [1.82, 2.24) is 20.2 Å². The van der Waals surface area contributed by atoms with E-state index >= 15 is 0 Å². The van der Waals surface area contributed by atoms with Crippen molar-refractivity contribution in [2.75, 3.05) is 84.2 Å². The second-order valence-corrected chi connectivity index (χ2v) is 31.1. The van der Waals surface area contributed by atoms with E-state index in [1.807, 2.05) is 154 Å². The summed E-state index contributed by atoms with van der Waals surface area (Å²) in [5.41, 5.74) is 7.91. The molecule has 1 saturated heterocycles. The Labute approximate surface area is 598 Å². The lowest BCUT2D eigenvalue weighted by molar-refractivity contribution is -0.433. The number of aryl methyl sites for hydroxylation is 1. The molecule has 0 unspecified atom stereocenters. The topological polar surface area (TPSA) is 279 Å². The number of carbonyl (C=O) groups excluding carboxylic acids is 3. The van der Waals surface area contributed by atoms with Gasteiger partial charge in [0.1, 0.15) is 29.6 Å². The second-order valence-electron chi connectivity index (χ2n) is 26.9. The van der Waals surface area contributed by atoms with Gasteiger partial charge in [0.05, 0.1) is 48.2 Å². The third kappa shape index (κ3) is 17.8. The summed E-state index contributed by atoms with van der Waals surface area (Å²) in [7, 11) is -12.8. The Morgan fingerprint density at radius 1 is 0.676 bits per heavy atom. The van der Waals surface area contributed by atoms with Crippen LogP contribution in [0.3, 0.4) is 0 Å². The Bertz CT molecular complexity index is 4740. The molecular formula is C77H91N6O16S3+. The van der Waals surface area contributed by atoms with Crippen molar-refractivity contribution < 1.29 is 76.9 Å². The number of piperazine rings is 1. The standard InChI is InChI=1S/C77H90N6O16S3/c1-9-81-67-34-32-62-53(2)47-60(100(87,88)89)48-64(62)73(67)76(4,5)70(81)21-15-11-16-22-71-77(6,7)74-65-49-61(101(90,91)92)50-69(102(93,94)95)63(65)33-35-68(74)82(71)38-18-12-17-23-72(85)80-41-39-79(40-42-80)43-44-97-45-46-99-83(51-55-24-26-57(27-25-55)58-28-30-59(96-8)31-29-58)66(54(3)84)36-37-78-75(86)98-52-56-19-13-10-14-20-56/h10-11,13-16,19-22,24-35,47-50,66H,9,12,17-18,23,36-46,51-52H2,1-8H3,(H3-,78,86,87,88,89,90,91,92,93,94,95)/p+1/t66-/m1/s1. The predicted octanol–water partition coefficient (Wildman–Crippen LogP) is 12.3. The van der Waals surface area contributed by atoms with Crippen molar-refractivity contribution in [3.8, 4) is 16.9 Å². The molecule has 25 heteroatoms. The highest BCUT2D eigenvalue weighted by molar-refractivity contribution is 7.87. The van der Waals surface area contributed by atoms with Crippen LogP contribution in [-0.2, 0) is 78.2 Å². The zero-order valence-corrected chi connectivity index (χ0v) is 61.4. The monoisotopic (exact) mass is 1450 g/mol. The number of nitrogens with zero attached hydrogens (tertiary/aromatic N) is 5. The molecule has 102 heavy (non-hydrogen) atoms. The van der Waals surface area contributed by atoms with Crippen LogP contribution in [0.4, 0.5) is 16.2 Å². The number of hydrogen-bond donors (Lipinski definition) is 4. The number of rotatable bonds is 31. The summed E-state index contributed by atoms with van der Waals surface area (Å²) >= 11 is 0. The third-order valence-corrected chi connectivity index (χ3v) is 22.0. The van der Waals surface area contributed by atoms with E-state index in [2.05, 4.69) is 33.5 Å². The van der Waals surface area contributed by atoms with E-state index in [-0.39, 0.29) is 60.1 Å². The Hall–Kier alpha value is -8.47. The molecule has 3 aliphatic heterocycles. The number of alkyl carbamates (subject to hydrolysis) is 1. The van der Waals surface area contributed by atoms with Gasteiger partial charge in [0.15, 0.2) is 5.71 Å². The SMILES string of the molecule is CC[N+]1=C(/C=C/C=C/C=C2/N(CCCCCC(=O)N3CCN(CCOCCON(Cc4ccc(-c5ccc(OC)cc5)cc4)[C@H](CCNC(=O)OCc4ccccc4)C(C)=O)CC3)c3ccc4c(S(=O)(=O)O)cc(S(=O)(=O)O)cc4c3C2(C)C)C(C)(C)c2c1ccc1c(C)cc(S(=O)(=O)O)cc21. The molecule has 0 radical (unpaired) electrons. The molecule has 0 aliphatic carbocycles. The number of allylic oxidation sites excluding steroid dienone is 6. The van der Waals surface area contributed by atoms with Gasteiger partial charge in [0.25, 0.3) is 30.4 Å². The number of amides is 2. The summed E-state index contributed by atoms with van der Waals surface area (Å²) < 4.78 is 126. The van der Waals surface area contributed by atoms with Gasteiger partial charge in [-0.15, -0.1) is 0 Å². The molecule has 1 fully saturated rings. The average molecular weight is 1450 g/mol. The van der Waals surface area contributed by atoms with E-state index in [1.165, 1.54) is 31.2 Å². The van der Waals surface area contributed by atoms with Crippen molar-refractivity contribution in [1.29, 1.82) is 0 Å². The Balaban J connectivity index is 0.741. The summed E-state index contributed by atoms with van der Waals surface area (Å²) in [4.78, 5) is 50.7. The lowest BCUT2D eigenvalue weighted by Crippen LogP contribution is -2.49. The fraction of sp³-hybridized carbons (Fsp3) is 0.377. The lowest BCUT2D eigenvalue weighted by Gasteiger charge is -2.34. The molecule has 7 aromatic rings. The minimum atomic E-state index is -4.97. The number of nitrogens with one attached hydrogen (secondary N) is 1. The molecule has 3 heterocycles. The molecule has 4 N–H and O–H groups in total. The number of hydroxylamine groups is 2. The van der Waals surface area contributed by atoms with Crippen LogP contribution in [0.5, 0.6) is 5.75 Å². The molecular weight excluding hydrogens is 1360 g/mol. The number of unbranched alkanes of at least 4 members (excludes halogenated alkanes) is 2. The first-order valence-corrected chi connectivity index (χ1v) is 38.6. The van der Waals surface area contributed by atoms with Crippen LogP contribution in [0.1, 0.15) is 101 Å². The number of hydrogen-bond acceptors (Lipinski definition) is 16. The molecule has 7 aromatic carbocycles. The van der Waals surface area contributed by atoms with Crippen LogP contribution in [-0.4, -0.2) is 167 Å². The summed E-state index contributed by atoms with van der Waals surface area (Å²) in [6.45, 7) is 19.0.